The van der Waals surface area contributed by atoms with Crippen LogP contribution in [-0.4, -0.2) is 15.0 Å². The lowest BCUT2D eigenvalue weighted by Gasteiger charge is -2.13. The third-order valence-electron chi connectivity index (χ3n) is 3.65. The number of nitrogens with two attached hydrogens (primary N) is 1. The highest BCUT2D eigenvalue weighted by atomic mass is 32.2. The van der Waals surface area contributed by atoms with Gasteiger partial charge in [0.15, 0.2) is 0 Å². The molecular weight excluding hydrogens is 267 g/mol. The zero-order valence-corrected chi connectivity index (χ0v) is 11.8. The van der Waals surface area contributed by atoms with E-state index in [2.05, 4.69) is 4.72 Å². The number of sulfonamides is 1. The molecule has 19 heavy (non-hydrogen) atoms. The van der Waals surface area contributed by atoms with Gasteiger partial charge in [0.25, 0.3) is 0 Å². The number of hydrogen-bond donors (Lipinski definition) is 2. The minimum atomic E-state index is -3.69. The first kappa shape index (κ1) is 14.3. The normalized spacial score (nSPS) is 16.9. The summed E-state index contributed by atoms with van der Waals surface area (Å²) in [5, 5.41) is 0. The number of anilines is 1. The summed E-state index contributed by atoms with van der Waals surface area (Å²) in [7, 11) is -3.69. The Morgan fingerprint density at radius 1 is 1.37 bits per heavy atom. The molecule has 0 amide bonds. The molecule has 2 rings (SSSR count). The molecule has 4 nitrogen and oxygen atoms in total. The molecule has 0 aliphatic heterocycles. The van der Waals surface area contributed by atoms with Crippen molar-refractivity contribution in [3.05, 3.63) is 23.5 Å². The predicted molar refractivity (Wildman–Crippen MR) is 72.7 cm³/mol. The number of rotatable bonds is 4. The van der Waals surface area contributed by atoms with Gasteiger partial charge in [-0.05, 0) is 37.8 Å². The van der Waals surface area contributed by atoms with Crippen molar-refractivity contribution in [2.75, 3.05) is 12.3 Å². The fraction of sp³-hybridized carbons (Fsp3) is 0.538. The first-order chi connectivity index (χ1) is 8.90. The summed E-state index contributed by atoms with van der Waals surface area (Å²) in [4.78, 5) is -0.0667. The summed E-state index contributed by atoms with van der Waals surface area (Å²) in [5.41, 5.74) is 5.73. The van der Waals surface area contributed by atoms with Crippen LogP contribution < -0.4 is 10.5 Å². The maximum atomic E-state index is 13.5. The van der Waals surface area contributed by atoms with E-state index in [9.17, 15) is 12.8 Å². The second kappa shape index (κ2) is 5.46. The van der Waals surface area contributed by atoms with Gasteiger partial charge in [0.05, 0.1) is 4.90 Å². The van der Waals surface area contributed by atoms with Crippen molar-refractivity contribution >= 4 is 15.7 Å². The van der Waals surface area contributed by atoms with Crippen molar-refractivity contribution in [2.24, 2.45) is 5.92 Å². The third-order valence-corrected chi connectivity index (χ3v) is 5.20. The van der Waals surface area contributed by atoms with E-state index in [4.69, 9.17) is 5.73 Å². The standard InChI is InChI=1S/C13H19FN2O2S/c1-9-12(14)6-11(15)7-13(9)19(17,18)16-8-10-4-2-3-5-10/h6-7,10,16H,2-5,8,15H2,1H3. The van der Waals surface area contributed by atoms with Crippen LogP contribution in [0.4, 0.5) is 10.1 Å². The van der Waals surface area contributed by atoms with E-state index < -0.39 is 15.8 Å². The smallest absolute Gasteiger partial charge is 0.241 e. The van der Waals surface area contributed by atoms with Gasteiger partial charge in [0.2, 0.25) is 10.0 Å². The maximum absolute atomic E-state index is 13.5. The van der Waals surface area contributed by atoms with Gasteiger partial charge in [-0.2, -0.15) is 0 Å². The molecular formula is C13H19FN2O2S. The first-order valence-corrected chi connectivity index (χ1v) is 7.94. The van der Waals surface area contributed by atoms with Crippen LogP contribution in [-0.2, 0) is 10.0 Å². The Kier molecular flexibility index (Phi) is 4.10. The lowest BCUT2D eigenvalue weighted by atomic mass is 10.1. The third kappa shape index (κ3) is 3.25. The van der Waals surface area contributed by atoms with Crippen molar-refractivity contribution in [1.29, 1.82) is 0 Å². The molecule has 0 heterocycles. The van der Waals surface area contributed by atoms with Gasteiger partial charge in [-0.3, -0.25) is 0 Å². The van der Waals surface area contributed by atoms with E-state index in [1.54, 1.807) is 0 Å². The van der Waals surface area contributed by atoms with Crippen LogP contribution >= 0.6 is 0 Å². The molecule has 0 aromatic heterocycles. The molecule has 0 saturated heterocycles. The maximum Gasteiger partial charge on any atom is 0.241 e. The molecule has 6 heteroatoms. The van der Waals surface area contributed by atoms with Gasteiger partial charge in [-0.25, -0.2) is 17.5 Å². The summed E-state index contributed by atoms with van der Waals surface area (Å²) in [5.74, 6) is -0.206. The lowest BCUT2D eigenvalue weighted by molar-refractivity contribution is 0.518. The molecule has 1 aliphatic rings. The lowest BCUT2D eigenvalue weighted by Crippen LogP contribution is -2.29. The Morgan fingerprint density at radius 2 is 2.00 bits per heavy atom. The topological polar surface area (TPSA) is 72.2 Å². The van der Waals surface area contributed by atoms with Gasteiger partial charge in [0.1, 0.15) is 5.82 Å². The quantitative estimate of drug-likeness (QED) is 0.833. The minimum absolute atomic E-state index is 0.0667. The molecule has 0 unspecified atom stereocenters. The Morgan fingerprint density at radius 3 is 2.63 bits per heavy atom. The van der Waals surface area contributed by atoms with Crippen LogP contribution in [0.5, 0.6) is 0 Å². The average Bonchev–Trinajstić information content (AvgIpc) is 2.84. The molecule has 106 valence electrons. The molecule has 0 bridgehead atoms. The molecule has 0 radical (unpaired) electrons. The minimum Gasteiger partial charge on any atom is -0.399 e. The first-order valence-electron chi connectivity index (χ1n) is 6.45. The van der Waals surface area contributed by atoms with Crippen LogP contribution in [0.15, 0.2) is 17.0 Å². The molecule has 1 aromatic carbocycles. The largest absolute Gasteiger partial charge is 0.399 e. The van der Waals surface area contributed by atoms with Crippen molar-refractivity contribution in [3.8, 4) is 0 Å². The van der Waals surface area contributed by atoms with Gasteiger partial charge < -0.3 is 5.73 Å². The van der Waals surface area contributed by atoms with Crippen molar-refractivity contribution in [1.82, 2.24) is 4.72 Å². The SMILES string of the molecule is Cc1c(F)cc(N)cc1S(=O)(=O)NCC1CCCC1. The number of hydrogen-bond acceptors (Lipinski definition) is 3. The van der Waals surface area contributed by atoms with Crippen molar-refractivity contribution < 1.29 is 12.8 Å². The van der Waals surface area contributed by atoms with E-state index in [0.29, 0.717) is 12.5 Å². The average molecular weight is 286 g/mol. The summed E-state index contributed by atoms with van der Waals surface area (Å²) in [6, 6.07) is 2.43. The number of nitrogen functional groups attached to an aromatic ring is 1. The highest BCUT2D eigenvalue weighted by molar-refractivity contribution is 7.89. The van der Waals surface area contributed by atoms with Gasteiger partial charge in [-0.1, -0.05) is 12.8 Å². The second-order valence-electron chi connectivity index (χ2n) is 5.13. The van der Waals surface area contributed by atoms with Crippen LogP contribution in [0, 0.1) is 18.7 Å². The van der Waals surface area contributed by atoms with Crippen molar-refractivity contribution in [2.45, 2.75) is 37.5 Å². The fourth-order valence-corrected chi connectivity index (χ4v) is 3.87. The Bertz CT molecular complexity index is 566. The second-order valence-corrected chi connectivity index (χ2v) is 6.86. The van der Waals surface area contributed by atoms with E-state index >= 15 is 0 Å². The zero-order valence-electron chi connectivity index (χ0n) is 10.9. The number of nitrogens with one attached hydrogen (secondary N) is 1. The molecule has 1 saturated carbocycles. The van der Waals surface area contributed by atoms with E-state index in [0.717, 1.165) is 31.7 Å². The van der Waals surface area contributed by atoms with Gasteiger partial charge in [0, 0.05) is 17.8 Å². The van der Waals surface area contributed by atoms with Gasteiger partial charge >= 0.3 is 0 Å². The molecule has 0 atom stereocenters. The predicted octanol–water partition coefficient (Wildman–Crippen LogP) is 2.18. The molecule has 1 fully saturated rings. The zero-order chi connectivity index (χ0) is 14.0. The van der Waals surface area contributed by atoms with E-state index in [1.807, 2.05) is 0 Å². The summed E-state index contributed by atoms with van der Waals surface area (Å²) in [6.07, 6.45) is 4.40. The van der Waals surface area contributed by atoms with Crippen molar-refractivity contribution in [3.63, 3.8) is 0 Å². The Hall–Kier alpha value is -1.14. The highest BCUT2D eigenvalue weighted by Crippen LogP contribution is 2.25. The van der Waals surface area contributed by atoms with Gasteiger partial charge in [-0.15, -0.1) is 0 Å². The molecule has 0 spiro atoms. The van der Waals surface area contributed by atoms with Crippen LogP contribution in [0.3, 0.4) is 0 Å². The summed E-state index contributed by atoms with van der Waals surface area (Å²) in [6.45, 7) is 1.86. The highest BCUT2D eigenvalue weighted by Gasteiger charge is 2.22. The molecule has 3 N–H and O–H groups in total. The Labute approximate surface area is 113 Å². The van der Waals surface area contributed by atoms with E-state index in [1.165, 1.54) is 13.0 Å². The number of benzene rings is 1. The molecule has 1 aliphatic carbocycles. The fourth-order valence-electron chi connectivity index (χ4n) is 2.47. The monoisotopic (exact) mass is 286 g/mol. The van der Waals surface area contributed by atoms with Crippen LogP contribution in [0.25, 0.3) is 0 Å². The van der Waals surface area contributed by atoms with Crippen LogP contribution in [0.1, 0.15) is 31.2 Å². The van der Waals surface area contributed by atoms with E-state index in [-0.39, 0.29) is 16.1 Å². The summed E-state index contributed by atoms with van der Waals surface area (Å²) >= 11 is 0. The summed E-state index contributed by atoms with van der Waals surface area (Å²) < 4.78 is 40.5. The number of halogens is 1. The Balaban J connectivity index is 2.19. The molecule has 1 aromatic rings. The van der Waals surface area contributed by atoms with Crippen LogP contribution in [0.2, 0.25) is 0 Å².